The molecule has 3 rings (SSSR count). The molecule has 106 valence electrons. The van der Waals surface area contributed by atoms with Crippen molar-refractivity contribution in [2.45, 2.75) is 13.1 Å². The van der Waals surface area contributed by atoms with E-state index in [-0.39, 0.29) is 0 Å². The Balaban J connectivity index is 1.47. The van der Waals surface area contributed by atoms with Gasteiger partial charge in [-0.2, -0.15) is 0 Å². The van der Waals surface area contributed by atoms with Crippen LogP contribution in [-0.2, 0) is 13.1 Å². The normalized spacial score (nSPS) is 17.4. The van der Waals surface area contributed by atoms with Gasteiger partial charge in [-0.25, -0.2) is 0 Å². The molecule has 1 aliphatic heterocycles. The molecule has 0 N–H and O–H groups in total. The average Bonchev–Trinajstić information content (AvgIpc) is 2.96. The van der Waals surface area contributed by atoms with Crippen molar-refractivity contribution in [3.8, 4) is 0 Å². The van der Waals surface area contributed by atoms with Crippen LogP contribution in [-0.4, -0.2) is 36.0 Å². The van der Waals surface area contributed by atoms with Crippen molar-refractivity contribution in [2.24, 2.45) is 0 Å². The predicted octanol–water partition coefficient (Wildman–Crippen LogP) is 3.25. The molecule has 1 saturated heterocycles. The molecule has 0 spiro atoms. The first kappa shape index (κ1) is 13.7. The van der Waals surface area contributed by atoms with Crippen molar-refractivity contribution < 1.29 is 4.42 Å². The van der Waals surface area contributed by atoms with Gasteiger partial charge in [0.25, 0.3) is 0 Å². The number of piperazine rings is 1. The zero-order valence-electron chi connectivity index (χ0n) is 11.5. The van der Waals surface area contributed by atoms with E-state index < -0.39 is 0 Å². The lowest BCUT2D eigenvalue weighted by molar-refractivity contribution is 0.116. The molecular weight excluding hydrogens is 272 g/mol. The summed E-state index contributed by atoms with van der Waals surface area (Å²) in [4.78, 5) is 4.93. The molecule has 0 unspecified atom stereocenters. The predicted molar refractivity (Wildman–Crippen MR) is 80.7 cm³/mol. The maximum Gasteiger partial charge on any atom is 0.117 e. The van der Waals surface area contributed by atoms with Gasteiger partial charge in [-0.15, -0.1) is 0 Å². The monoisotopic (exact) mass is 290 g/mol. The highest BCUT2D eigenvalue weighted by Crippen LogP contribution is 2.14. The standard InChI is InChI=1S/C16H19ClN2O/c17-15-5-3-14(4-6-15)12-18-7-9-19(10-8-18)13-16-2-1-11-20-16/h1-6,11H,7-10,12-13H2. The van der Waals surface area contributed by atoms with Gasteiger partial charge in [0, 0.05) is 37.7 Å². The third-order valence-electron chi connectivity index (χ3n) is 3.74. The summed E-state index contributed by atoms with van der Waals surface area (Å²) in [5.41, 5.74) is 1.33. The van der Waals surface area contributed by atoms with E-state index in [1.165, 1.54) is 5.56 Å². The Labute approximate surface area is 124 Å². The fourth-order valence-corrected chi connectivity index (χ4v) is 2.70. The summed E-state index contributed by atoms with van der Waals surface area (Å²) in [6.07, 6.45) is 1.74. The van der Waals surface area contributed by atoms with Gasteiger partial charge in [0.2, 0.25) is 0 Å². The summed E-state index contributed by atoms with van der Waals surface area (Å²) >= 11 is 5.91. The molecular formula is C16H19ClN2O. The van der Waals surface area contributed by atoms with Crippen LogP contribution in [0.2, 0.25) is 5.02 Å². The molecule has 0 aliphatic carbocycles. The molecule has 0 atom stereocenters. The molecule has 3 nitrogen and oxygen atoms in total. The smallest absolute Gasteiger partial charge is 0.117 e. The maximum absolute atomic E-state index is 5.91. The van der Waals surface area contributed by atoms with Crippen molar-refractivity contribution in [1.29, 1.82) is 0 Å². The number of rotatable bonds is 4. The Kier molecular flexibility index (Phi) is 4.41. The molecule has 2 aromatic rings. The van der Waals surface area contributed by atoms with E-state index >= 15 is 0 Å². The van der Waals surface area contributed by atoms with Gasteiger partial charge in [-0.1, -0.05) is 23.7 Å². The lowest BCUT2D eigenvalue weighted by Gasteiger charge is -2.34. The van der Waals surface area contributed by atoms with Gasteiger partial charge < -0.3 is 4.42 Å². The van der Waals surface area contributed by atoms with Crippen LogP contribution >= 0.6 is 11.6 Å². The van der Waals surface area contributed by atoms with E-state index in [4.69, 9.17) is 16.0 Å². The fourth-order valence-electron chi connectivity index (χ4n) is 2.58. The van der Waals surface area contributed by atoms with Crippen LogP contribution in [0.3, 0.4) is 0 Å². The van der Waals surface area contributed by atoms with Crippen LogP contribution in [0.25, 0.3) is 0 Å². The summed E-state index contributed by atoms with van der Waals surface area (Å²) in [6, 6.07) is 12.1. The number of benzene rings is 1. The first-order valence-corrected chi connectivity index (χ1v) is 7.39. The average molecular weight is 291 g/mol. The summed E-state index contributed by atoms with van der Waals surface area (Å²) in [5.74, 6) is 1.05. The molecule has 2 heterocycles. The highest BCUT2D eigenvalue weighted by molar-refractivity contribution is 6.30. The van der Waals surface area contributed by atoms with E-state index in [9.17, 15) is 0 Å². The van der Waals surface area contributed by atoms with E-state index in [1.54, 1.807) is 6.26 Å². The number of hydrogen-bond donors (Lipinski definition) is 0. The van der Waals surface area contributed by atoms with Crippen molar-refractivity contribution in [2.75, 3.05) is 26.2 Å². The van der Waals surface area contributed by atoms with Crippen LogP contribution in [0.15, 0.2) is 47.1 Å². The lowest BCUT2D eigenvalue weighted by atomic mass is 10.2. The first-order valence-electron chi connectivity index (χ1n) is 7.01. The number of halogens is 1. The Morgan fingerprint density at radius 2 is 1.55 bits per heavy atom. The molecule has 20 heavy (non-hydrogen) atoms. The van der Waals surface area contributed by atoms with E-state index in [0.29, 0.717) is 0 Å². The molecule has 1 aliphatic rings. The second-order valence-electron chi connectivity index (χ2n) is 5.26. The van der Waals surface area contributed by atoms with E-state index in [0.717, 1.165) is 50.1 Å². The van der Waals surface area contributed by atoms with Crippen LogP contribution < -0.4 is 0 Å². The van der Waals surface area contributed by atoms with Gasteiger partial charge in [0.1, 0.15) is 5.76 Å². The summed E-state index contributed by atoms with van der Waals surface area (Å²) in [5, 5.41) is 0.803. The van der Waals surface area contributed by atoms with Gasteiger partial charge in [-0.3, -0.25) is 9.80 Å². The quantitative estimate of drug-likeness (QED) is 0.862. The summed E-state index contributed by atoms with van der Waals surface area (Å²) < 4.78 is 5.40. The fraction of sp³-hybridized carbons (Fsp3) is 0.375. The highest BCUT2D eigenvalue weighted by atomic mass is 35.5. The molecule has 0 saturated carbocycles. The molecule has 0 bridgehead atoms. The van der Waals surface area contributed by atoms with Crippen molar-refractivity contribution in [1.82, 2.24) is 9.80 Å². The second kappa shape index (κ2) is 6.44. The summed E-state index contributed by atoms with van der Waals surface area (Å²) in [6.45, 7) is 6.31. The lowest BCUT2D eigenvalue weighted by Crippen LogP contribution is -2.45. The van der Waals surface area contributed by atoms with E-state index in [1.807, 2.05) is 24.3 Å². The Morgan fingerprint density at radius 3 is 2.15 bits per heavy atom. The van der Waals surface area contributed by atoms with Crippen LogP contribution in [0.5, 0.6) is 0 Å². The topological polar surface area (TPSA) is 19.6 Å². The molecule has 1 aromatic carbocycles. The number of furan rings is 1. The molecule has 4 heteroatoms. The maximum atomic E-state index is 5.91. The van der Waals surface area contributed by atoms with Crippen molar-refractivity contribution in [3.05, 3.63) is 59.0 Å². The Hall–Kier alpha value is -1.29. The Morgan fingerprint density at radius 1 is 0.900 bits per heavy atom. The second-order valence-corrected chi connectivity index (χ2v) is 5.69. The third-order valence-corrected chi connectivity index (χ3v) is 4.00. The SMILES string of the molecule is Clc1ccc(CN2CCN(Cc3ccco3)CC2)cc1. The van der Waals surface area contributed by atoms with Crippen LogP contribution in [0.4, 0.5) is 0 Å². The van der Waals surface area contributed by atoms with Gasteiger partial charge in [0.15, 0.2) is 0 Å². The Bertz CT molecular complexity index is 516. The highest BCUT2D eigenvalue weighted by Gasteiger charge is 2.17. The van der Waals surface area contributed by atoms with Crippen LogP contribution in [0, 0.1) is 0 Å². The number of hydrogen-bond acceptors (Lipinski definition) is 3. The minimum Gasteiger partial charge on any atom is -0.468 e. The minimum atomic E-state index is 0.803. The summed E-state index contributed by atoms with van der Waals surface area (Å²) in [7, 11) is 0. The van der Waals surface area contributed by atoms with Gasteiger partial charge in [0.05, 0.1) is 12.8 Å². The zero-order chi connectivity index (χ0) is 13.8. The molecule has 0 amide bonds. The first-order chi connectivity index (χ1) is 9.79. The molecule has 1 aromatic heterocycles. The zero-order valence-corrected chi connectivity index (χ0v) is 12.2. The van der Waals surface area contributed by atoms with Gasteiger partial charge >= 0.3 is 0 Å². The molecule has 1 fully saturated rings. The number of nitrogens with zero attached hydrogens (tertiary/aromatic N) is 2. The largest absolute Gasteiger partial charge is 0.468 e. The van der Waals surface area contributed by atoms with E-state index in [2.05, 4.69) is 21.9 Å². The van der Waals surface area contributed by atoms with Crippen molar-refractivity contribution in [3.63, 3.8) is 0 Å². The van der Waals surface area contributed by atoms with Gasteiger partial charge in [-0.05, 0) is 29.8 Å². The van der Waals surface area contributed by atoms with Crippen molar-refractivity contribution >= 4 is 11.6 Å². The molecule has 0 radical (unpaired) electrons. The van der Waals surface area contributed by atoms with Crippen LogP contribution in [0.1, 0.15) is 11.3 Å². The third kappa shape index (κ3) is 3.63. The minimum absolute atomic E-state index is 0.803.